The SMILES string of the molecule is COc1ccc(C2=NN(C(=O)c3cccs3)[C@@H](c3ccc(OC)cc3)C2)cc1. The summed E-state index contributed by atoms with van der Waals surface area (Å²) < 4.78 is 10.5. The molecule has 0 aliphatic carbocycles. The Morgan fingerprint density at radius 1 is 1.00 bits per heavy atom. The Labute approximate surface area is 167 Å². The van der Waals surface area contributed by atoms with Gasteiger partial charge in [-0.2, -0.15) is 5.10 Å². The largest absolute Gasteiger partial charge is 0.497 e. The number of amides is 1. The summed E-state index contributed by atoms with van der Waals surface area (Å²) in [6.07, 6.45) is 0.649. The molecule has 1 aromatic heterocycles. The molecule has 3 aromatic rings. The standard InChI is InChI=1S/C22H20N2O3S/c1-26-17-9-5-15(6-10-17)19-14-20(16-7-11-18(27-2)12-8-16)24(23-19)22(25)21-4-3-13-28-21/h3-13,20H,14H2,1-2H3/t20-/m1/s1. The van der Waals surface area contributed by atoms with Gasteiger partial charge in [0.25, 0.3) is 5.91 Å². The highest BCUT2D eigenvalue weighted by atomic mass is 32.1. The second-order valence-corrected chi connectivity index (χ2v) is 7.34. The monoisotopic (exact) mass is 392 g/mol. The highest BCUT2D eigenvalue weighted by molar-refractivity contribution is 7.12. The lowest BCUT2D eigenvalue weighted by Crippen LogP contribution is -2.26. The highest BCUT2D eigenvalue weighted by Crippen LogP contribution is 2.35. The topological polar surface area (TPSA) is 51.1 Å². The summed E-state index contributed by atoms with van der Waals surface area (Å²) in [6.45, 7) is 0. The van der Waals surface area contributed by atoms with Crippen molar-refractivity contribution in [3.63, 3.8) is 0 Å². The molecule has 0 saturated carbocycles. The lowest BCUT2D eigenvalue weighted by atomic mass is 9.98. The van der Waals surface area contributed by atoms with E-state index in [1.54, 1.807) is 19.2 Å². The maximum absolute atomic E-state index is 13.1. The van der Waals surface area contributed by atoms with E-state index in [1.807, 2.05) is 66.0 Å². The number of ether oxygens (including phenoxy) is 2. The molecule has 1 aliphatic heterocycles. The zero-order valence-electron chi connectivity index (χ0n) is 15.7. The first-order valence-corrected chi connectivity index (χ1v) is 9.80. The Bertz CT molecular complexity index is 980. The number of nitrogens with zero attached hydrogens (tertiary/aromatic N) is 2. The van der Waals surface area contributed by atoms with Crippen molar-refractivity contribution in [2.75, 3.05) is 14.2 Å². The Hall–Kier alpha value is -3.12. The van der Waals surface area contributed by atoms with Crippen molar-refractivity contribution in [2.45, 2.75) is 12.5 Å². The number of methoxy groups -OCH3 is 2. The van der Waals surface area contributed by atoms with E-state index < -0.39 is 0 Å². The van der Waals surface area contributed by atoms with Crippen molar-refractivity contribution >= 4 is 23.0 Å². The molecule has 4 rings (SSSR count). The first kappa shape index (κ1) is 18.3. The van der Waals surface area contributed by atoms with Crippen molar-refractivity contribution in [1.29, 1.82) is 0 Å². The molecular weight excluding hydrogens is 372 g/mol. The second-order valence-electron chi connectivity index (χ2n) is 6.40. The van der Waals surface area contributed by atoms with Crippen LogP contribution in [0.1, 0.15) is 33.3 Å². The predicted octanol–water partition coefficient (Wildman–Crippen LogP) is 4.76. The number of rotatable bonds is 5. The average molecular weight is 392 g/mol. The van der Waals surface area contributed by atoms with Crippen molar-refractivity contribution in [2.24, 2.45) is 5.10 Å². The van der Waals surface area contributed by atoms with Gasteiger partial charge in [0, 0.05) is 6.42 Å². The number of hydrazone groups is 1. The molecule has 0 bridgehead atoms. The number of hydrogen-bond donors (Lipinski definition) is 0. The summed E-state index contributed by atoms with van der Waals surface area (Å²) in [5.74, 6) is 1.49. The molecule has 2 heterocycles. The van der Waals surface area contributed by atoms with Crippen molar-refractivity contribution < 1.29 is 14.3 Å². The van der Waals surface area contributed by atoms with E-state index in [-0.39, 0.29) is 11.9 Å². The quantitative estimate of drug-likeness (QED) is 0.629. The smallest absolute Gasteiger partial charge is 0.284 e. The number of benzene rings is 2. The third-order valence-electron chi connectivity index (χ3n) is 4.77. The normalized spacial score (nSPS) is 16.0. The van der Waals surface area contributed by atoms with Gasteiger partial charge in [-0.25, -0.2) is 5.01 Å². The van der Waals surface area contributed by atoms with E-state index in [2.05, 4.69) is 0 Å². The Balaban J connectivity index is 1.68. The summed E-state index contributed by atoms with van der Waals surface area (Å²) in [4.78, 5) is 13.8. The fourth-order valence-electron chi connectivity index (χ4n) is 3.25. The van der Waals surface area contributed by atoms with Gasteiger partial charge in [0.2, 0.25) is 0 Å². The van der Waals surface area contributed by atoms with Crippen molar-refractivity contribution in [3.8, 4) is 11.5 Å². The zero-order valence-corrected chi connectivity index (χ0v) is 16.5. The van der Waals surface area contributed by atoms with Gasteiger partial charge in [0.1, 0.15) is 11.5 Å². The van der Waals surface area contributed by atoms with Crippen LogP contribution < -0.4 is 9.47 Å². The maximum Gasteiger partial charge on any atom is 0.284 e. The molecule has 142 valence electrons. The van der Waals surface area contributed by atoms with E-state index in [4.69, 9.17) is 14.6 Å². The molecule has 0 radical (unpaired) electrons. The summed E-state index contributed by atoms with van der Waals surface area (Å²) in [7, 11) is 3.28. The van der Waals surface area contributed by atoms with Crippen LogP contribution in [0.4, 0.5) is 0 Å². The summed E-state index contributed by atoms with van der Waals surface area (Å²) >= 11 is 1.43. The van der Waals surface area contributed by atoms with Crippen molar-refractivity contribution in [1.82, 2.24) is 5.01 Å². The molecule has 0 fully saturated rings. The number of thiophene rings is 1. The van der Waals surface area contributed by atoms with Crippen LogP contribution in [0.3, 0.4) is 0 Å². The Morgan fingerprint density at radius 3 is 2.21 bits per heavy atom. The molecule has 1 aliphatic rings. The molecule has 6 heteroatoms. The minimum atomic E-state index is -0.155. The summed E-state index contributed by atoms with van der Waals surface area (Å²) in [5, 5.41) is 8.21. The minimum Gasteiger partial charge on any atom is -0.497 e. The Kier molecular flexibility index (Phi) is 5.12. The number of carbonyl (C=O) groups excluding carboxylic acids is 1. The van der Waals surface area contributed by atoms with E-state index in [0.29, 0.717) is 11.3 Å². The van der Waals surface area contributed by atoms with Gasteiger partial charge in [-0.3, -0.25) is 4.79 Å². The van der Waals surface area contributed by atoms with Crippen molar-refractivity contribution in [3.05, 3.63) is 82.0 Å². The van der Waals surface area contributed by atoms with E-state index >= 15 is 0 Å². The highest BCUT2D eigenvalue weighted by Gasteiger charge is 2.34. The third-order valence-corrected chi connectivity index (χ3v) is 5.63. The molecule has 0 unspecified atom stereocenters. The van der Waals surface area contributed by atoms with Crippen LogP contribution >= 0.6 is 11.3 Å². The van der Waals surface area contributed by atoms with Crippen LogP contribution in [0, 0.1) is 0 Å². The fourth-order valence-corrected chi connectivity index (χ4v) is 3.91. The lowest BCUT2D eigenvalue weighted by Gasteiger charge is -2.21. The molecule has 0 spiro atoms. The van der Waals surface area contributed by atoms with Gasteiger partial charge in [-0.1, -0.05) is 18.2 Å². The van der Waals surface area contributed by atoms with E-state index in [0.717, 1.165) is 28.3 Å². The van der Waals surface area contributed by atoms with Crippen LogP contribution in [0.5, 0.6) is 11.5 Å². The molecule has 0 N–H and O–H groups in total. The first-order valence-electron chi connectivity index (χ1n) is 8.92. The van der Waals surface area contributed by atoms with Crippen LogP contribution in [0.2, 0.25) is 0 Å². The lowest BCUT2D eigenvalue weighted by molar-refractivity contribution is 0.0716. The van der Waals surface area contributed by atoms with Gasteiger partial charge >= 0.3 is 0 Å². The van der Waals surface area contributed by atoms with E-state index in [1.165, 1.54) is 11.3 Å². The molecule has 1 atom stereocenters. The predicted molar refractivity (Wildman–Crippen MR) is 110 cm³/mol. The summed E-state index contributed by atoms with van der Waals surface area (Å²) in [6, 6.07) is 19.1. The Morgan fingerprint density at radius 2 is 1.64 bits per heavy atom. The molecule has 2 aromatic carbocycles. The van der Waals surface area contributed by atoms with Gasteiger partial charge in [-0.15, -0.1) is 11.3 Å². The first-order chi connectivity index (χ1) is 13.7. The molecule has 1 amide bonds. The number of carbonyl (C=O) groups is 1. The van der Waals surface area contributed by atoms with Crippen LogP contribution in [-0.4, -0.2) is 30.8 Å². The molecule has 28 heavy (non-hydrogen) atoms. The number of hydrogen-bond acceptors (Lipinski definition) is 5. The van der Waals surface area contributed by atoms with Gasteiger partial charge < -0.3 is 9.47 Å². The van der Waals surface area contributed by atoms with Crippen LogP contribution in [0.15, 0.2) is 71.1 Å². The van der Waals surface area contributed by atoms with Crippen LogP contribution in [0.25, 0.3) is 0 Å². The van der Waals surface area contributed by atoms with Gasteiger partial charge in [-0.05, 0) is 59.0 Å². The molecular formula is C22H20N2O3S. The minimum absolute atomic E-state index is 0.0840. The molecule has 5 nitrogen and oxygen atoms in total. The van der Waals surface area contributed by atoms with Crippen LogP contribution in [-0.2, 0) is 0 Å². The van der Waals surface area contributed by atoms with Gasteiger partial charge in [0.15, 0.2) is 0 Å². The summed E-state index contributed by atoms with van der Waals surface area (Å²) in [5.41, 5.74) is 2.90. The zero-order chi connectivity index (χ0) is 19.5. The van der Waals surface area contributed by atoms with Gasteiger partial charge in [0.05, 0.1) is 30.9 Å². The fraction of sp³-hybridized carbons (Fsp3) is 0.182. The van der Waals surface area contributed by atoms with E-state index in [9.17, 15) is 4.79 Å². The maximum atomic E-state index is 13.1. The average Bonchev–Trinajstić information content (AvgIpc) is 3.44. The molecule has 0 saturated heterocycles. The second kappa shape index (κ2) is 7.86. The third kappa shape index (κ3) is 3.51.